The molecule has 1 aromatic heterocycles. The largest absolute Gasteiger partial charge is 0.475 e. The van der Waals surface area contributed by atoms with Crippen LogP contribution in [0, 0.1) is 5.92 Å². The van der Waals surface area contributed by atoms with Crippen molar-refractivity contribution in [3.63, 3.8) is 0 Å². The first-order valence-corrected chi connectivity index (χ1v) is 13.3. The molecule has 1 aliphatic rings. The average Bonchev–Trinajstić information content (AvgIpc) is 3.37. The number of aromatic nitrogens is 1. The van der Waals surface area contributed by atoms with Gasteiger partial charge in [-0.05, 0) is 29.4 Å². The van der Waals surface area contributed by atoms with E-state index in [0.29, 0.717) is 17.5 Å². The number of nitrogens with zero attached hydrogens (tertiary/aromatic N) is 2. The number of amides is 2. The number of rotatable bonds is 12. The summed E-state index contributed by atoms with van der Waals surface area (Å²) in [7, 11) is -0.231. The Morgan fingerprint density at radius 1 is 1.07 bits per heavy atom. The van der Waals surface area contributed by atoms with Crippen LogP contribution in [0.3, 0.4) is 0 Å². The van der Waals surface area contributed by atoms with Gasteiger partial charge >= 0.3 is 7.12 Å². The van der Waals surface area contributed by atoms with Gasteiger partial charge in [0.1, 0.15) is 5.69 Å². The first kappa shape index (κ1) is 29.2. The summed E-state index contributed by atoms with van der Waals surface area (Å²) < 4.78 is 5.39. The quantitative estimate of drug-likeness (QED) is 0.255. The lowest BCUT2D eigenvalue weighted by Crippen LogP contribution is -2.56. The number of methoxy groups -OCH3 is 1. The van der Waals surface area contributed by atoms with Crippen LogP contribution < -0.4 is 10.6 Å². The zero-order valence-corrected chi connectivity index (χ0v) is 22.9. The smallest absolute Gasteiger partial charge is 0.426 e. The number of hydrogen-bond donors (Lipinski definition) is 4. The van der Waals surface area contributed by atoms with Gasteiger partial charge in [-0.15, -0.1) is 0 Å². The molecule has 0 saturated heterocycles. The molecule has 2 aromatic carbocycles. The zero-order chi connectivity index (χ0) is 28.7. The highest BCUT2D eigenvalue weighted by Gasteiger charge is 2.49. The molecule has 4 rings (SSSR count). The fraction of sp³-hybridized carbons (Fsp3) is 0.379. The Bertz CT molecular complexity index is 1350. The van der Waals surface area contributed by atoms with E-state index in [0.717, 1.165) is 10.9 Å². The highest BCUT2D eigenvalue weighted by Crippen LogP contribution is 2.31. The highest BCUT2D eigenvalue weighted by atomic mass is 16.7. The van der Waals surface area contributed by atoms with E-state index in [-0.39, 0.29) is 31.1 Å². The van der Waals surface area contributed by atoms with Crippen molar-refractivity contribution in [2.45, 2.75) is 50.7 Å². The Kier molecular flexibility index (Phi) is 9.52. The summed E-state index contributed by atoms with van der Waals surface area (Å²) >= 11 is 0. The van der Waals surface area contributed by atoms with Crippen molar-refractivity contribution < 1.29 is 29.2 Å². The number of oxime groups is 1. The summed E-state index contributed by atoms with van der Waals surface area (Å²) in [4.78, 5) is 37.3. The fourth-order valence-electron chi connectivity index (χ4n) is 4.89. The molecule has 3 aromatic rings. The zero-order valence-electron chi connectivity index (χ0n) is 22.9. The normalized spacial score (nSPS) is 18.1. The standard InChI is InChI=1S/C29H35BN4O6/c1-19(2)15-25(30(37)38)33-28(36)29(16-20-9-5-4-6-10-20)17-23(34-40-29)24(18-39-3)32-27(35)26-22-12-8-7-11-21(22)13-14-31-26/h4-14,19,24-25,37-38H,15-18H2,1-3H3,(H,32,35)(H,33,36)/t24-,25+,29?/m1/s1. The molecule has 2 heterocycles. The van der Waals surface area contributed by atoms with E-state index in [1.807, 2.05) is 74.5 Å². The average molecular weight is 546 g/mol. The summed E-state index contributed by atoms with van der Waals surface area (Å²) in [5.41, 5.74) is 0.0631. The van der Waals surface area contributed by atoms with Gasteiger partial charge in [-0.3, -0.25) is 14.6 Å². The van der Waals surface area contributed by atoms with Crippen molar-refractivity contribution in [2.24, 2.45) is 11.1 Å². The van der Waals surface area contributed by atoms with E-state index >= 15 is 0 Å². The summed E-state index contributed by atoms with van der Waals surface area (Å²) in [6.07, 6.45) is 2.18. The molecule has 1 aliphatic heterocycles. The van der Waals surface area contributed by atoms with E-state index in [2.05, 4.69) is 20.8 Å². The lowest BCUT2D eigenvalue weighted by molar-refractivity contribution is -0.144. The minimum Gasteiger partial charge on any atom is -0.426 e. The van der Waals surface area contributed by atoms with Crippen LogP contribution in [0.5, 0.6) is 0 Å². The molecular weight excluding hydrogens is 511 g/mol. The van der Waals surface area contributed by atoms with Crippen molar-refractivity contribution >= 4 is 35.4 Å². The molecule has 40 heavy (non-hydrogen) atoms. The Morgan fingerprint density at radius 3 is 2.50 bits per heavy atom. The Labute approximate surface area is 233 Å². The first-order valence-electron chi connectivity index (χ1n) is 13.3. The number of benzene rings is 2. The van der Waals surface area contributed by atoms with Crippen molar-refractivity contribution in [2.75, 3.05) is 13.7 Å². The van der Waals surface area contributed by atoms with Gasteiger partial charge < -0.3 is 30.3 Å². The van der Waals surface area contributed by atoms with Crippen LogP contribution in [0.1, 0.15) is 42.7 Å². The predicted octanol–water partition coefficient (Wildman–Crippen LogP) is 2.28. The molecule has 0 saturated carbocycles. The van der Waals surface area contributed by atoms with Gasteiger partial charge in [0.05, 0.1) is 24.3 Å². The monoisotopic (exact) mass is 546 g/mol. The molecule has 0 aliphatic carbocycles. The van der Waals surface area contributed by atoms with Crippen LogP contribution in [0.25, 0.3) is 10.8 Å². The van der Waals surface area contributed by atoms with Gasteiger partial charge in [-0.25, -0.2) is 0 Å². The van der Waals surface area contributed by atoms with E-state index in [4.69, 9.17) is 9.57 Å². The molecule has 3 atom stereocenters. The lowest BCUT2D eigenvalue weighted by atomic mass is 9.74. The number of pyridine rings is 1. The Morgan fingerprint density at radius 2 is 1.80 bits per heavy atom. The maximum absolute atomic E-state index is 13.7. The van der Waals surface area contributed by atoms with Crippen LogP contribution in [0.15, 0.2) is 72.0 Å². The first-order chi connectivity index (χ1) is 19.2. The Hall–Kier alpha value is -3.80. The molecule has 10 nitrogen and oxygen atoms in total. The van der Waals surface area contributed by atoms with Crippen molar-refractivity contribution in [3.05, 3.63) is 78.1 Å². The maximum Gasteiger partial charge on any atom is 0.475 e. The number of ether oxygens (including phenoxy) is 1. The molecule has 11 heteroatoms. The summed E-state index contributed by atoms with van der Waals surface area (Å²) in [6, 6.07) is 18.0. The van der Waals surface area contributed by atoms with Crippen LogP contribution >= 0.6 is 0 Å². The predicted molar refractivity (Wildman–Crippen MR) is 152 cm³/mol. The molecule has 0 fully saturated rings. The molecule has 2 amide bonds. The van der Waals surface area contributed by atoms with Gasteiger partial charge in [-0.2, -0.15) is 0 Å². The van der Waals surface area contributed by atoms with Crippen molar-refractivity contribution in [1.29, 1.82) is 0 Å². The molecule has 210 valence electrons. The number of carbonyl (C=O) groups is 2. The second kappa shape index (κ2) is 13.0. The lowest BCUT2D eigenvalue weighted by Gasteiger charge is -2.29. The van der Waals surface area contributed by atoms with E-state index in [1.165, 1.54) is 7.11 Å². The molecule has 0 bridgehead atoms. The van der Waals surface area contributed by atoms with Gasteiger partial charge in [0.25, 0.3) is 11.8 Å². The highest BCUT2D eigenvalue weighted by molar-refractivity contribution is 6.43. The van der Waals surface area contributed by atoms with Crippen LogP contribution in [-0.2, 0) is 20.8 Å². The number of nitrogens with one attached hydrogen (secondary N) is 2. The third-order valence-corrected chi connectivity index (χ3v) is 6.88. The summed E-state index contributed by atoms with van der Waals surface area (Å²) in [6.45, 7) is 3.95. The van der Waals surface area contributed by atoms with E-state index in [9.17, 15) is 19.6 Å². The van der Waals surface area contributed by atoms with E-state index in [1.54, 1.807) is 6.20 Å². The van der Waals surface area contributed by atoms with Gasteiger partial charge in [0.15, 0.2) is 0 Å². The molecule has 0 radical (unpaired) electrons. The third kappa shape index (κ3) is 6.85. The topological polar surface area (TPSA) is 142 Å². The van der Waals surface area contributed by atoms with Crippen molar-refractivity contribution in [1.82, 2.24) is 15.6 Å². The Balaban J connectivity index is 1.58. The number of fused-ring (bicyclic) bond motifs is 1. The molecule has 4 N–H and O–H groups in total. The number of hydrogen-bond acceptors (Lipinski definition) is 8. The fourth-order valence-corrected chi connectivity index (χ4v) is 4.89. The van der Waals surface area contributed by atoms with Gasteiger partial charge in [-0.1, -0.05) is 73.6 Å². The third-order valence-electron chi connectivity index (χ3n) is 6.88. The second-order valence-corrected chi connectivity index (χ2v) is 10.5. The molecule has 0 spiro atoms. The van der Waals surface area contributed by atoms with Crippen LogP contribution in [0.2, 0.25) is 0 Å². The summed E-state index contributed by atoms with van der Waals surface area (Å²) in [5.74, 6) is -1.71. The van der Waals surface area contributed by atoms with Crippen LogP contribution in [-0.4, -0.2) is 71.0 Å². The minimum atomic E-state index is -1.74. The van der Waals surface area contributed by atoms with Crippen LogP contribution in [0.4, 0.5) is 0 Å². The van der Waals surface area contributed by atoms with Gasteiger partial charge in [0.2, 0.25) is 5.60 Å². The molecule has 1 unspecified atom stereocenters. The second-order valence-electron chi connectivity index (χ2n) is 10.5. The van der Waals surface area contributed by atoms with E-state index < -0.39 is 36.5 Å². The van der Waals surface area contributed by atoms with Gasteiger partial charge in [0, 0.05) is 31.5 Å². The SMILES string of the molecule is COC[C@@H](NC(=O)c1nccc2ccccc12)C1=NOC(Cc2ccccc2)(C(=O)N[C@@H](CC(C)C)B(O)O)C1. The summed E-state index contributed by atoms with van der Waals surface area (Å²) in [5, 5.41) is 31.4. The maximum atomic E-state index is 13.7. The van der Waals surface area contributed by atoms with Crippen molar-refractivity contribution in [3.8, 4) is 0 Å². The number of carbonyl (C=O) groups excluding carboxylic acids is 2. The molecular formula is C29H35BN4O6. The minimum absolute atomic E-state index is 0.0565.